The molecule has 0 amide bonds. The number of benzene rings is 1. The van der Waals surface area contributed by atoms with Crippen molar-refractivity contribution in [2.75, 3.05) is 5.32 Å². The van der Waals surface area contributed by atoms with Crippen molar-refractivity contribution in [2.24, 2.45) is 0 Å². The second kappa shape index (κ2) is 6.81. The lowest BCUT2D eigenvalue weighted by atomic mass is 10.0. The Labute approximate surface area is 122 Å². The van der Waals surface area contributed by atoms with Gasteiger partial charge in [0.05, 0.1) is 17.1 Å². The van der Waals surface area contributed by atoms with E-state index in [-0.39, 0.29) is 11.7 Å². The second-order valence-corrected chi connectivity index (χ2v) is 4.85. The van der Waals surface area contributed by atoms with Gasteiger partial charge in [0.1, 0.15) is 12.0 Å². The van der Waals surface area contributed by atoms with Crippen LogP contribution in [0.25, 0.3) is 0 Å². The first kappa shape index (κ1) is 14.9. The molecule has 110 valence electrons. The number of nitrogens with zero attached hydrogens (tertiary/aromatic N) is 2. The molecule has 6 nitrogen and oxygen atoms in total. The standard InChI is InChI=1S/C15H17N3O3/c1-11(14(19)9-12-5-3-2-4-6-12)17-15-8-7-13(10-16-15)18(20)21/h2-8,10-11,14,19H,9H2,1H3,(H,16,17)/t11-,14+/m0/s1. The summed E-state index contributed by atoms with van der Waals surface area (Å²) < 4.78 is 0. The predicted molar refractivity (Wildman–Crippen MR) is 80.1 cm³/mol. The fraction of sp³-hybridized carbons (Fsp3) is 0.267. The van der Waals surface area contributed by atoms with Gasteiger partial charge in [-0.1, -0.05) is 30.3 Å². The van der Waals surface area contributed by atoms with E-state index in [1.807, 2.05) is 37.3 Å². The quantitative estimate of drug-likeness (QED) is 0.629. The highest BCUT2D eigenvalue weighted by atomic mass is 16.6. The van der Waals surface area contributed by atoms with E-state index in [1.165, 1.54) is 18.3 Å². The highest BCUT2D eigenvalue weighted by molar-refractivity contribution is 5.41. The average Bonchev–Trinajstić information content (AvgIpc) is 2.48. The van der Waals surface area contributed by atoms with E-state index < -0.39 is 11.0 Å². The Balaban J connectivity index is 1.94. The maximum atomic E-state index is 10.6. The van der Waals surface area contributed by atoms with E-state index in [0.717, 1.165) is 5.56 Å². The zero-order valence-corrected chi connectivity index (χ0v) is 11.6. The van der Waals surface area contributed by atoms with Gasteiger partial charge in [-0.3, -0.25) is 10.1 Å². The molecule has 0 saturated heterocycles. The fourth-order valence-electron chi connectivity index (χ4n) is 1.94. The van der Waals surface area contributed by atoms with Crippen LogP contribution in [-0.4, -0.2) is 27.2 Å². The van der Waals surface area contributed by atoms with E-state index in [1.54, 1.807) is 0 Å². The smallest absolute Gasteiger partial charge is 0.287 e. The molecule has 6 heteroatoms. The van der Waals surface area contributed by atoms with E-state index in [0.29, 0.717) is 12.2 Å². The number of hydrogen-bond donors (Lipinski definition) is 2. The van der Waals surface area contributed by atoms with Crippen LogP contribution in [0.4, 0.5) is 11.5 Å². The summed E-state index contributed by atoms with van der Waals surface area (Å²) >= 11 is 0. The lowest BCUT2D eigenvalue weighted by Crippen LogP contribution is -2.32. The van der Waals surface area contributed by atoms with Gasteiger partial charge in [-0.15, -0.1) is 0 Å². The number of anilines is 1. The van der Waals surface area contributed by atoms with Crippen molar-refractivity contribution >= 4 is 11.5 Å². The topological polar surface area (TPSA) is 88.3 Å². The van der Waals surface area contributed by atoms with E-state index in [2.05, 4.69) is 10.3 Å². The molecule has 1 heterocycles. The molecule has 2 atom stereocenters. The molecule has 2 N–H and O–H groups in total. The van der Waals surface area contributed by atoms with Gasteiger partial charge in [0.2, 0.25) is 0 Å². The zero-order chi connectivity index (χ0) is 15.2. The summed E-state index contributed by atoms with van der Waals surface area (Å²) in [6, 6.07) is 12.4. The van der Waals surface area contributed by atoms with Crippen molar-refractivity contribution < 1.29 is 10.0 Å². The Morgan fingerprint density at radius 2 is 2.00 bits per heavy atom. The molecule has 2 aromatic rings. The zero-order valence-electron chi connectivity index (χ0n) is 11.6. The molecule has 0 fully saturated rings. The van der Waals surface area contributed by atoms with Gasteiger partial charge >= 0.3 is 0 Å². The minimum atomic E-state index is -0.579. The Bertz CT molecular complexity index is 587. The molecule has 0 unspecified atom stereocenters. The first-order valence-electron chi connectivity index (χ1n) is 6.65. The number of aliphatic hydroxyl groups is 1. The fourth-order valence-corrected chi connectivity index (χ4v) is 1.94. The number of hydrogen-bond acceptors (Lipinski definition) is 5. The molecule has 0 aliphatic carbocycles. The highest BCUT2D eigenvalue weighted by Crippen LogP contribution is 2.14. The molecule has 0 aliphatic rings. The van der Waals surface area contributed by atoms with Crippen molar-refractivity contribution in [2.45, 2.75) is 25.5 Å². The van der Waals surface area contributed by atoms with Gasteiger partial charge in [-0.2, -0.15) is 0 Å². The van der Waals surface area contributed by atoms with Crippen LogP contribution in [0.15, 0.2) is 48.7 Å². The average molecular weight is 287 g/mol. The first-order valence-corrected chi connectivity index (χ1v) is 6.65. The van der Waals surface area contributed by atoms with Gasteiger partial charge in [-0.25, -0.2) is 4.98 Å². The Hall–Kier alpha value is -2.47. The van der Waals surface area contributed by atoms with Gasteiger partial charge in [0.25, 0.3) is 5.69 Å². The Morgan fingerprint density at radius 1 is 1.29 bits per heavy atom. The summed E-state index contributed by atoms with van der Waals surface area (Å²) in [7, 11) is 0. The summed E-state index contributed by atoms with van der Waals surface area (Å²) in [5.41, 5.74) is 0.994. The number of aromatic nitrogens is 1. The van der Waals surface area contributed by atoms with Crippen LogP contribution in [-0.2, 0) is 6.42 Å². The van der Waals surface area contributed by atoms with Crippen molar-refractivity contribution in [1.82, 2.24) is 4.98 Å². The molecule has 0 saturated carbocycles. The van der Waals surface area contributed by atoms with Crippen molar-refractivity contribution in [3.05, 3.63) is 64.3 Å². The lowest BCUT2D eigenvalue weighted by molar-refractivity contribution is -0.385. The van der Waals surface area contributed by atoms with Crippen LogP contribution < -0.4 is 5.32 Å². The van der Waals surface area contributed by atoms with Gasteiger partial charge in [-0.05, 0) is 18.6 Å². The predicted octanol–water partition coefficient (Wildman–Crippen LogP) is 2.39. The molecule has 21 heavy (non-hydrogen) atoms. The van der Waals surface area contributed by atoms with Gasteiger partial charge in [0.15, 0.2) is 0 Å². The second-order valence-electron chi connectivity index (χ2n) is 4.85. The SMILES string of the molecule is C[C@H](Nc1ccc([N+](=O)[O-])cn1)[C@H](O)Cc1ccccc1. The van der Waals surface area contributed by atoms with E-state index in [4.69, 9.17) is 0 Å². The number of nitro groups is 1. The largest absolute Gasteiger partial charge is 0.391 e. The van der Waals surface area contributed by atoms with E-state index >= 15 is 0 Å². The molecule has 1 aromatic heterocycles. The van der Waals surface area contributed by atoms with Crippen molar-refractivity contribution in [3.63, 3.8) is 0 Å². The molecular weight excluding hydrogens is 270 g/mol. The lowest BCUT2D eigenvalue weighted by Gasteiger charge is -2.20. The summed E-state index contributed by atoms with van der Waals surface area (Å²) in [6.07, 6.45) is 1.14. The number of nitrogens with one attached hydrogen (secondary N) is 1. The highest BCUT2D eigenvalue weighted by Gasteiger charge is 2.15. The van der Waals surface area contributed by atoms with Gasteiger partial charge in [0, 0.05) is 12.5 Å². The third-order valence-electron chi connectivity index (χ3n) is 3.20. The maximum Gasteiger partial charge on any atom is 0.287 e. The molecule has 2 rings (SSSR count). The van der Waals surface area contributed by atoms with E-state index in [9.17, 15) is 15.2 Å². The van der Waals surface area contributed by atoms with Crippen LogP contribution in [0, 0.1) is 10.1 Å². The third-order valence-corrected chi connectivity index (χ3v) is 3.20. The first-order chi connectivity index (χ1) is 10.1. The Morgan fingerprint density at radius 3 is 2.57 bits per heavy atom. The normalized spacial score (nSPS) is 13.4. The molecule has 0 bridgehead atoms. The van der Waals surface area contributed by atoms with Crippen LogP contribution in [0.5, 0.6) is 0 Å². The Kier molecular flexibility index (Phi) is 4.84. The summed E-state index contributed by atoms with van der Waals surface area (Å²) in [5.74, 6) is 0.500. The molecule has 1 aromatic carbocycles. The summed E-state index contributed by atoms with van der Waals surface area (Å²) in [5, 5.41) is 23.8. The third kappa shape index (κ3) is 4.25. The van der Waals surface area contributed by atoms with Gasteiger partial charge < -0.3 is 10.4 Å². The number of rotatable bonds is 6. The minimum absolute atomic E-state index is 0.0574. The summed E-state index contributed by atoms with van der Waals surface area (Å²) in [6.45, 7) is 1.84. The maximum absolute atomic E-state index is 10.6. The van der Waals surface area contributed by atoms with Crippen LogP contribution in [0.2, 0.25) is 0 Å². The van der Waals surface area contributed by atoms with Crippen molar-refractivity contribution in [1.29, 1.82) is 0 Å². The molecule has 0 spiro atoms. The van der Waals surface area contributed by atoms with Crippen LogP contribution in [0.1, 0.15) is 12.5 Å². The van der Waals surface area contributed by atoms with Crippen LogP contribution in [0.3, 0.4) is 0 Å². The molecule has 0 radical (unpaired) electrons. The van der Waals surface area contributed by atoms with Crippen LogP contribution >= 0.6 is 0 Å². The number of aliphatic hydroxyl groups excluding tert-OH is 1. The number of pyridine rings is 1. The monoisotopic (exact) mass is 287 g/mol. The minimum Gasteiger partial charge on any atom is -0.391 e. The summed E-state index contributed by atoms with van der Waals surface area (Å²) in [4.78, 5) is 14.0. The molecule has 0 aliphatic heterocycles. The van der Waals surface area contributed by atoms with Crippen molar-refractivity contribution in [3.8, 4) is 0 Å². The molecular formula is C15H17N3O3.